The van der Waals surface area contributed by atoms with E-state index in [0.717, 1.165) is 21.6 Å². The van der Waals surface area contributed by atoms with Crippen molar-refractivity contribution >= 4 is 57.1 Å². The van der Waals surface area contributed by atoms with Crippen molar-refractivity contribution in [3.63, 3.8) is 0 Å². The number of hydrogen-bond acceptors (Lipinski definition) is 5. The van der Waals surface area contributed by atoms with Gasteiger partial charge in [-0.05, 0) is 90.7 Å². The predicted octanol–water partition coefficient (Wildman–Crippen LogP) is 6.67. The average molecular weight is 598 g/mol. The molecule has 0 aromatic heterocycles. The summed E-state index contributed by atoms with van der Waals surface area (Å²) in [6.45, 7) is 8.32. The molecule has 0 aliphatic carbocycles. The molecule has 1 heterocycles. The number of aryl methyl sites for hydroxylation is 2. The molecule has 196 valence electrons. The Morgan fingerprint density at radius 3 is 2.39 bits per heavy atom. The van der Waals surface area contributed by atoms with E-state index >= 15 is 0 Å². The van der Waals surface area contributed by atoms with Crippen LogP contribution < -0.4 is 19.7 Å². The lowest BCUT2D eigenvalue weighted by Crippen LogP contribution is -2.54. The number of carbonyl (C=O) groups is 3. The van der Waals surface area contributed by atoms with Gasteiger partial charge >= 0.3 is 6.03 Å². The fourth-order valence-corrected chi connectivity index (χ4v) is 5.01. The fourth-order valence-electron chi connectivity index (χ4n) is 4.26. The van der Waals surface area contributed by atoms with E-state index < -0.39 is 17.8 Å². The highest BCUT2D eigenvalue weighted by Gasteiger charge is 2.37. The summed E-state index contributed by atoms with van der Waals surface area (Å²) < 4.78 is 12.5. The van der Waals surface area contributed by atoms with Crippen LogP contribution in [0.4, 0.5) is 10.5 Å². The molecular formula is C29H26BrClN2O5. The number of carbonyl (C=O) groups excluding carboxylic acids is 3. The van der Waals surface area contributed by atoms with Gasteiger partial charge in [-0.3, -0.25) is 14.9 Å². The standard InChI is InChI=1S/C29H26BrClN2O5/c1-5-37-25-14-19(13-22(30)26(25)38-15-20-10-16(2)9-17(3)11-20)12-21-27(34)32-29(36)33(28(21)35)24-8-6-7-23(31)18(24)4/h6-14H,5,15H2,1-4H3,(H,32,34,36)/b21-12+. The highest BCUT2D eigenvalue weighted by atomic mass is 79.9. The maximum absolute atomic E-state index is 13.4. The molecule has 1 N–H and O–H groups in total. The Morgan fingerprint density at radius 1 is 1.00 bits per heavy atom. The number of ether oxygens (including phenoxy) is 2. The summed E-state index contributed by atoms with van der Waals surface area (Å²) in [6.07, 6.45) is 1.41. The lowest BCUT2D eigenvalue weighted by Gasteiger charge is -2.27. The molecule has 3 aromatic carbocycles. The molecule has 4 rings (SSSR count). The maximum Gasteiger partial charge on any atom is 0.335 e. The molecule has 0 saturated carbocycles. The van der Waals surface area contributed by atoms with E-state index in [1.807, 2.05) is 20.8 Å². The number of amides is 4. The van der Waals surface area contributed by atoms with Gasteiger partial charge in [0.1, 0.15) is 12.2 Å². The molecule has 1 aliphatic heterocycles. The van der Waals surface area contributed by atoms with Crippen LogP contribution in [0.3, 0.4) is 0 Å². The third-order valence-electron chi connectivity index (χ3n) is 5.89. The Morgan fingerprint density at radius 2 is 1.71 bits per heavy atom. The van der Waals surface area contributed by atoms with Gasteiger partial charge in [0.25, 0.3) is 11.8 Å². The van der Waals surface area contributed by atoms with Gasteiger partial charge in [0.2, 0.25) is 0 Å². The first-order valence-electron chi connectivity index (χ1n) is 11.9. The van der Waals surface area contributed by atoms with Crippen molar-refractivity contribution in [2.45, 2.75) is 34.3 Å². The van der Waals surface area contributed by atoms with Crippen molar-refractivity contribution in [3.8, 4) is 11.5 Å². The molecule has 0 unspecified atom stereocenters. The van der Waals surface area contributed by atoms with Crippen LogP contribution in [0.1, 0.15) is 34.7 Å². The van der Waals surface area contributed by atoms with Gasteiger partial charge in [-0.1, -0.05) is 47.0 Å². The first-order chi connectivity index (χ1) is 18.1. The Bertz CT molecular complexity index is 1460. The third kappa shape index (κ3) is 5.76. The highest BCUT2D eigenvalue weighted by Crippen LogP contribution is 2.38. The van der Waals surface area contributed by atoms with Crippen molar-refractivity contribution in [2.75, 3.05) is 11.5 Å². The van der Waals surface area contributed by atoms with E-state index in [1.54, 1.807) is 37.3 Å². The monoisotopic (exact) mass is 596 g/mol. The van der Waals surface area contributed by atoms with Crippen LogP contribution in [0, 0.1) is 20.8 Å². The quantitative estimate of drug-likeness (QED) is 0.243. The summed E-state index contributed by atoms with van der Waals surface area (Å²) >= 11 is 9.74. The van der Waals surface area contributed by atoms with E-state index in [4.69, 9.17) is 21.1 Å². The summed E-state index contributed by atoms with van der Waals surface area (Å²) in [5.74, 6) is -0.604. The summed E-state index contributed by atoms with van der Waals surface area (Å²) in [5.41, 5.74) is 4.45. The molecule has 1 fully saturated rings. The second kappa shape index (κ2) is 11.4. The Kier molecular flexibility index (Phi) is 8.23. The average Bonchev–Trinajstić information content (AvgIpc) is 2.83. The zero-order chi connectivity index (χ0) is 27.6. The molecule has 0 radical (unpaired) electrons. The molecular weight excluding hydrogens is 572 g/mol. The first-order valence-corrected chi connectivity index (χ1v) is 13.1. The van der Waals surface area contributed by atoms with E-state index in [2.05, 4.69) is 39.4 Å². The largest absolute Gasteiger partial charge is 0.490 e. The fraction of sp³-hybridized carbons (Fsp3) is 0.207. The number of halogens is 2. The molecule has 1 saturated heterocycles. The molecule has 1 aliphatic rings. The van der Waals surface area contributed by atoms with Crippen LogP contribution in [0.25, 0.3) is 6.08 Å². The maximum atomic E-state index is 13.4. The topological polar surface area (TPSA) is 84.9 Å². The van der Waals surface area contributed by atoms with E-state index in [1.165, 1.54) is 6.08 Å². The predicted molar refractivity (Wildman–Crippen MR) is 151 cm³/mol. The van der Waals surface area contributed by atoms with E-state index in [-0.39, 0.29) is 5.57 Å². The van der Waals surface area contributed by atoms with Gasteiger partial charge < -0.3 is 9.47 Å². The number of anilines is 1. The SMILES string of the molecule is CCOc1cc(/C=C2\C(=O)NC(=O)N(c3cccc(Cl)c3C)C2=O)cc(Br)c1OCc1cc(C)cc(C)c1. The summed E-state index contributed by atoms with van der Waals surface area (Å²) in [6, 6.07) is 13.7. The molecule has 0 bridgehead atoms. The number of hydrogen-bond donors (Lipinski definition) is 1. The van der Waals surface area contributed by atoms with E-state index in [0.29, 0.717) is 51.0 Å². The molecule has 0 spiro atoms. The van der Waals surface area contributed by atoms with Crippen LogP contribution >= 0.6 is 27.5 Å². The van der Waals surface area contributed by atoms with Crippen molar-refractivity contribution in [3.05, 3.63) is 91.4 Å². The van der Waals surface area contributed by atoms with E-state index in [9.17, 15) is 14.4 Å². The van der Waals surface area contributed by atoms with Crippen LogP contribution in [-0.2, 0) is 16.2 Å². The van der Waals surface area contributed by atoms with Crippen molar-refractivity contribution in [1.82, 2.24) is 5.32 Å². The first kappa shape index (κ1) is 27.4. The van der Waals surface area contributed by atoms with Gasteiger partial charge in [-0.2, -0.15) is 0 Å². The lowest BCUT2D eigenvalue weighted by molar-refractivity contribution is -0.122. The van der Waals surface area contributed by atoms with Crippen LogP contribution in [0.2, 0.25) is 5.02 Å². The smallest absolute Gasteiger partial charge is 0.335 e. The zero-order valence-electron chi connectivity index (χ0n) is 21.4. The number of nitrogens with one attached hydrogen (secondary N) is 1. The van der Waals surface area contributed by atoms with Crippen molar-refractivity contribution in [1.29, 1.82) is 0 Å². The normalized spacial score (nSPS) is 14.6. The van der Waals surface area contributed by atoms with Crippen LogP contribution in [-0.4, -0.2) is 24.5 Å². The minimum absolute atomic E-state index is 0.206. The summed E-state index contributed by atoms with van der Waals surface area (Å²) in [7, 11) is 0. The van der Waals surface area contributed by atoms with Crippen molar-refractivity contribution < 1.29 is 23.9 Å². The van der Waals surface area contributed by atoms with Gasteiger partial charge in [0, 0.05) is 5.02 Å². The van der Waals surface area contributed by atoms with Gasteiger partial charge in [0.15, 0.2) is 11.5 Å². The Balaban J connectivity index is 1.68. The number of imide groups is 2. The Hall–Kier alpha value is -3.62. The third-order valence-corrected chi connectivity index (χ3v) is 6.89. The van der Waals surface area contributed by atoms with Gasteiger partial charge in [-0.15, -0.1) is 0 Å². The molecule has 3 aromatic rings. The number of barbiturate groups is 1. The van der Waals surface area contributed by atoms with Crippen molar-refractivity contribution in [2.24, 2.45) is 0 Å². The molecule has 4 amide bonds. The number of rotatable bonds is 7. The highest BCUT2D eigenvalue weighted by molar-refractivity contribution is 9.10. The van der Waals surface area contributed by atoms with Gasteiger partial charge in [-0.25, -0.2) is 9.69 Å². The Labute approximate surface area is 234 Å². The molecule has 38 heavy (non-hydrogen) atoms. The molecule has 9 heteroatoms. The molecule has 7 nitrogen and oxygen atoms in total. The minimum Gasteiger partial charge on any atom is -0.490 e. The van der Waals surface area contributed by atoms with Gasteiger partial charge in [0.05, 0.1) is 16.8 Å². The second-order valence-electron chi connectivity index (χ2n) is 8.89. The summed E-state index contributed by atoms with van der Waals surface area (Å²) in [4.78, 5) is 39.6. The minimum atomic E-state index is -0.839. The molecule has 0 atom stereocenters. The zero-order valence-corrected chi connectivity index (χ0v) is 23.7. The number of benzene rings is 3. The summed E-state index contributed by atoms with van der Waals surface area (Å²) in [5, 5.41) is 2.63. The lowest BCUT2D eigenvalue weighted by atomic mass is 10.1. The number of nitrogens with zero attached hydrogens (tertiary/aromatic N) is 1. The van der Waals surface area contributed by atoms with Crippen LogP contribution in [0.5, 0.6) is 11.5 Å². The number of urea groups is 1. The second-order valence-corrected chi connectivity index (χ2v) is 10.2. The van der Waals surface area contributed by atoms with Crippen LogP contribution in [0.15, 0.2) is 58.6 Å².